The van der Waals surface area contributed by atoms with Gasteiger partial charge < -0.3 is 19.7 Å². The first-order valence-corrected chi connectivity index (χ1v) is 11.6. The zero-order chi connectivity index (χ0) is 23.0. The van der Waals surface area contributed by atoms with Crippen molar-refractivity contribution in [3.05, 3.63) is 56.7 Å². The van der Waals surface area contributed by atoms with Crippen LogP contribution in [-0.4, -0.2) is 53.1 Å². The van der Waals surface area contributed by atoms with Crippen LogP contribution < -0.4 is 15.8 Å². The third-order valence-corrected chi connectivity index (χ3v) is 7.38. The van der Waals surface area contributed by atoms with Crippen molar-refractivity contribution in [2.45, 2.75) is 26.8 Å². The first kappa shape index (κ1) is 22.4. The molecule has 170 valence electrons. The van der Waals surface area contributed by atoms with E-state index >= 15 is 0 Å². The van der Waals surface area contributed by atoms with Crippen LogP contribution in [0.15, 0.2) is 29.3 Å². The van der Waals surface area contributed by atoms with E-state index in [4.69, 9.17) is 0 Å². The van der Waals surface area contributed by atoms with Crippen molar-refractivity contribution in [2.75, 3.05) is 37.6 Å². The first-order chi connectivity index (χ1) is 15.3. The molecule has 1 saturated heterocycles. The number of rotatable bonds is 5. The van der Waals surface area contributed by atoms with Crippen molar-refractivity contribution in [1.82, 2.24) is 19.8 Å². The second kappa shape index (κ2) is 8.99. The number of benzene rings is 1. The molecule has 0 spiro atoms. The maximum atomic E-state index is 14.2. The summed E-state index contributed by atoms with van der Waals surface area (Å²) in [5.41, 5.74) is 2.14. The van der Waals surface area contributed by atoms with Crippen LogP contribution in [0, 0.1) is 12.7 Å². The van der Waals surface area contributed by atoms with Crippen molar-refractivity contribution in [1.29, 1.82) is 0 Å². The predicted octanol–water partition coefficient (Wildman–Crippen LogP) is 3.08. The molecule has 7 nitrogen and oxygen atoms in total. The van der Waals surface area contributed by atoms with E-state index in [2.05, 4.69) is 27.0 Å². The lowest BCUT2D eigenvalue weighted by Gasteiger charge is -2.37. The maximum absolute atomic E-state index is 14.2. The van der Waals surface area contributed by atoms with Crippen LogP contribution in [0.5, 0.6) is 0 Å². The number of nitrogens with one attached hydrogen (secondary N) is 1. The summed E-state index contributed by atoms with van der Waals surface area (Å²) in [6.07, 6.45) is 1.46. The minimum atomic E-state index is -0.405. The Bertz CT molecular complexity index is 1210. The van der Waals surface area contributed by atoms with Gasteiger partial charge in [0.25, 0.3) is 11.5 Å². The second-order valence-electron chi connectivity index (χ2n) is 8.22. The Morgan fingerprint density at radius 2 is 2.00 bits per heavy atom. The summed E-state index contributed by atoms with van der Waals surface area (Å²) in [6, 6.07) is 4.36. The summed E-state index contributed by atoms with van der Waals surface area (Å²) in [4.78, 5) is 35.5. The first-order valence-electron chi connectivity index (χ1n) is 10.8. The molecule has 3 heterocycles. The Hall–Kier alpha value is -2.78. The van der Waals surface area contributed by atoms with E-state index in [1.54, 1.807) is 20.0 Å². The van der Waals surface area contributed by atoms with Crippen LogP contribution >= 0.6 is 11.3 Å². The molecule has 1 aliphatic rings. The smallest absolute Gasteiger partial charge is 0.262 e. The number of piperazine rings is 1. The molecule has 1 aliphatic heterocycles. The van der Waals surface area contributed by atoms with Gasteiger partial charge >= 0.3 is 0 Å². The molecule has 1 unspecified atom stereocenters. The number of aryl methyl sites for hydroxylation is 2. The molecule has 9 heteroatoms. The topological polar surface area (TPSA) is 70.5 Å². The van der Waals surface area contributed by atoms with E-state index in [1.807, 2.05) is 6.92 Å². The molecule has 4 rings (SSSR count). The van der Waals surface area contributed by atoms with Gasteiger partial charge in [-0.25, -0.2) is 9.37 Å². The highest BCUT2D eigenvalue weighted by molar-refractivity contribution is 7.20. The van der Waals surface area contributed by atoms with Gasteiger partial charge in [0.1, 0.15) is 10.6 Å². The van der Waals surface area contributed by atoms with E-state index < -0.39 is 6.04 Å². The maximum Gasteiger partial charge on any atom is 0.262 e. The summed E-state index contributed by atoms with van der Waals surface area (Å²) < 4.78 is 15.6. The lowest BCUT2D eigenvalue weighted by Crippen LogP contribution is -2.46. The zero-order valence-electron chi connectivity index (χ0n) is 18.8. The number of likely N-dealkylation sites (N-methyl/N-ethyl adjacent to an activating group) is 1. The molecule has 1 aromatic carbocycles. The van der Waals surface area contributed by atoms with Crippen LogP contribution in [0.3, 0.4) is 0 Å². The summed E-state index contributed by atoms with van der Waals surface area (Å²) in [5.74, 6) is -0.617. The molecule has 1 amide bonds. The average Bonchev–Trinajstić information content (AvgIpc) is 3.13. The lowest BCUT2D eigenvalue weighted by atomic mass is 10.0. The van der Waals surface area contributed by atoms with Crippen LogP contribution in [-0.2, 0) is 7.05 Å². The lowest BCUT2D eigenvalue weighted by molar-refractivity contribution is 0.0943. The number of nitrogens with zero attached hydrogens (tertiary/aromatic N) is 4. The molecule has 3 aromatic rings. The van der Waals surface area contributed by atoms with Gasteiger partial charge in [-0.15, -0.1) is 11.3 Å². The monoisotopic (exact) mass is 457 g/mol. The number of carbonyl (C=O) groups excluding carboxylic acids is 1. The van der Waals surface area contributed by atoms with Crippen molar-refractivity contribution in [3.63, 3.8) is 0 Å². The Morgan fingerprint density at radius 3 is 2.69 bits per heavy atom. The molecular formula is C23H28FN5O2S. The number of amides is 1. The van der Waals surface area contributed by atoms with Gasteiger partial charge in [-0.1, -0.05) is 6.92 Å². The summed E-state index contributed by atoms with van der Waals surface area (Å²) >= 11 is 1.20. The molecule has 0 radical (unpaired) electrons. The van der Waals surface area contributed by atoms with Crippen molar-refractivity contribution >= 4 is 33.1 Å². The Balaban J connectivity index is 1.60. The fraction of sp³-hybridized carbons (Fsp3) is 0.435. The molecule has 0 saturated carbocycles. The minimum absolute atomic E-state index is 0.172. The molecule has 1 atom stereocenters. The standard InChI is InChI=1S/C23H28FN5O2S/c1-5-28-8-10-29(11-9-28)18-7-6-16(24)12-17(18)15(3)26-21(30)20-14(2)19-22(32-20)25-13-27(4)23(19)31/h6-7,12-13,15H,5,8-11H2,1-4H3,(H,26,30). The number of thiophene rings is 1. The summed E-state index contributed by atoms with van der Waals surface area (Å²) in [6.45, 7) is 10.4. The SMILES string of the molecule is CCN1CCN(c2ccc(F)cc2C(C)NC(=O)c2sc3ncn(C)c(=O)c3c2C)CC1. The highest BCUT2D eigenvalue weighted by Gasteiger charge is 2.24. The number of carbonyl (C=O) groups is 1. The molecule has 0 bridgehead atoms. The molecule has 1 N–H and O–H groups in total. The zero-order valence-corrected chi connectivity index (χ0v) is 19.6. The second-order valence-corrected chi connectivity index (χ2v) is 9.22. The van der Waals surface area contributed by atoms with Gasteiger partial charge in [-0.05, 0) is 44.2 Å². The van der Waals surface area contributed by atoms with Crippen LogP contribution in [0.25, 0.3) is 10.2 Å². The Kier molecular flexibility index (Phi) is 6.30. The third kappa shape index (κ3) is 4.14. The number of hydrogen-bond donors (Lipinski definition) is 1. The normalized spacial score (nSPS) is 15.8. The molecule has 2 aromatic heterocycles. The van der Waals surface area contributed by atoms with Gasteiger partial charge in [0.15, 0.2) is 0 Å². The highest BCUT2D eigenvalue weighted by Crippen LogP contribution is 2.30. The Labute approximate surface area is 190 Å². The minimum Gasteiger partial charge on any atom is -0.369 e. The predicted molar refractivity (Wildman–Crippen MR) is 126 cm³/mol. The van der Waals surface area contributed by atoms with Crippen LogP contribution in [0.4, 0.5) is 10.1 Å². The number of fused-ring (bicyclic) bond motifs is 1. The van der Waals surface area contributed by atoms with E-state index in [0.717, 1.165) is 44.0 Å². The molecule has 1 fully saturated rings. The molecular weight excluding hydrogens is 429 g/mol. The van der Waals surface area contributed by atoms with Gasteiger partial charge in [0.05, 0.1) is 22.6 Å². The average molecular weight is 458 g/mol. The van der Waals surface area contributed by atoms with Crippen LogP contribution in [0.2, 0.25) is 0 Å². The quantitative estimate of drug-likeness (QED) is 0.638. The van der Waals surface area contributed by atoms with E-state index in [0.29, 0.717) is 20.7 Å². The van der Waals surface area contributed by atoms with Gasteiger partial charge in [-0.3, -0.25) is 9.59 Å². The fourth-order valence-corrected chi connectivity index (χ4v) is 5.27. The highest BCUT2D eigenvalue weighted by atomic mass is 32.1. The third-order valence-electron chi connectivity index (χ3n) is 6.18. The van der Waals surface area contributed by atoms with Crippen molar-refractivity contribution in [3.8, 4) is 0 Å². The largest absolute Gasteiger partial charge is 0.369 e. The van der Waals surface area contributed by atoms with E-state index in [1.165, 1.54) is 34.4 Å². The van der Waals surface area contributed by atoms with Gasteiger partial charge in [0, 0.05) is 44.5 Å². The summed E-state index contributed by atoms with van der Waals surface area (Å²) in [7, 11) is 1.64. The number of halogens is 1. The van der Waals surface area contributed by atoms with E-state index in [9.17, 15) is 14.0 Å². The van der Waals surface area contributed by atoms with Crippen molar-refractivity contribution in [2.24, 2.45) is 7.05 Å². The fourth-order valence-electron chi connectivity index (χ4n) is 4.23. The van der Waals surface area contributed by atoms with E-state index in [-0.39, 0.29) is 17.3 Å². The summed E-state index contributed by atoms with van der Waals surface area (Å²) in [5, 5.41) is 3.48. The molecule has 0 aliphatic carbocycles. The van der Waals surface area contributed by atoms with Gasteiger partial charge in [0.2, 0.25) is 0 Å². The number of anilines is 1. The van der Waals surface area contributed by atoms with Crippen LogP contribution in [0.1, 0.15) is 40.7 Å². The van der Waals surface area contributed by atoms with Crippen molar-refractivity contribution < 1.29 is 9.18 Å². The molecule has 32 heavy (non-hydrogen) atoms. The number of hydrogen-bond acceptors (Lipinski definition) is 6. The Morgan fingerprint density at radius 1 is 1.28 bits per heavy atom. The number of aromatic nitrogens is 2. The van der Waals surface area contributed by atoms with Gasteiger partial charge in [-0.2, -0.15) is 0 Å².